The van der Waals surface area contributed by atoms with Crippen molar-refractivity contribution in [2.75, 3.05) is 12.3 Å². The Morgan fingerprint density at radius 3 is 2.87 bits per heavy atom. The van der Waals surface area contributed by atoms with Crippen molar-refractivity contribution in [1.29, 1.82) is 0 Å². The minimum atomic E-state index is 0.598. The van der Waals surface area contributed by atoms with Gasteiger partial charge in [0.25, 0.3) is 0 Å². The van der Waals surface area contributed by atoms with E-state index in [0.29, 0.717) is 6.04 Å². The Kier molecular flexibility index (Phi) is 6.20. The fourth-order valence-corrected chi connectivity index (χ4v) is 3.10. The topological polar surface area (TPSA) is 37.8 Å². The van der Waals surface area contributed by atoms with E-state index in [1.54, 1.807) is 0 Å². The first-order valence-corrected chi connectivity index (χ1v) is 7.20. The summed E-state index contributed by atoms with van der Waals surface area (Å²) in [6.45, 7) is 7.50. The van der Waals surface area contributed by atoms with E-state index < -0.39 is 0 Å². The molecule has 5 heteroatoms. The van der Waals surface area contributed by atoms with Crippen LogP contribution < -0.4 is 5.32 Å². The lowest BCUT2D eigenvalue weighted by atomic mass is 10.3. The SMILES string of the molecule is CCNC(C)CCSc1nc(CC)ns1. The van der Waals surface area contributed by atoms with E-state index in [2.05, 4.69) is 35.4 Å². The Hall–Kier alpha value is -0.130. The van der Waals surface area contributed by atoms with Crippen LogP contribution in [0.2, 0.25) is 0 Å². The van der Waals surface area contributed by atoms with Gasteiger partial charge in [0.2, 0.25) is 0 Å². The second kappa shape index (κ2) is 7.19. The second-order valence-electron chi connectivity index (χ2n) is 3.43. The third kappa shape index (κ3) is 4.95. The molecule has 1 rings (SSSR count). The molecule has 15 heavy (non-hydrogen) atoms. The first kappa shape index (κ1) is 12.9. The molecule has 0 spiro atoms. The number of nitrogens with zero attached hydrogens (tertiary/aromatic N) is 2. The number of nitrogens with one attached hydrogen (secondary N) is 1. The number of hydrogen-bond donors (Lipinski definition) is 1. The molecule has 0 saturated carbocycles. The Morgan fingerprint density at radius 1 is 1.47 bits per heavy atom. The van der Waals surface area contributed by atoms with Crippen LogP contribution in [0.1, 0.15) is 33.0 Å². The van der Waals surface area contributed by atoms with E-state index in [-0.39, 0.29) is 0 Å². The van der Waals surface area contributed by atoms with Gasteiger partial charge in [-0.2, -0.15) is 4.37 Å². The van der Waals surface area contributed by atoms with Crippen molar-refractivity contribution in [1.82, 2.24) is 14.7 Å². The van der Waals surface area contributed by atoms with E-state index in [4.69, 9.17) is 0 Å². The maximum Gasteiger partial charge on any atom is 0.170 e. The summed E-state index contributed by atoms with van der Waals surface area (Å²) in [7, 11) is 0. The monoisotopic (exact) mass is 245 g/mol. The van der Waals surface area contributed by atoms with Gasteiger partial charge in [0.05, 0.1) is 0 Å². The van der Waals surface area contributed by atoms with Crippen molar-refractivity contribution in [3.63, 3.8) is 0 Å². The Bertz CT molecular complexity index is 275. The van der Waals surface area contributed by atoms with Crippen molar-refractivity contribution in [2.45, 2.75) is 44.0 Å². The molecule has 0 saturated heterocycles. The predicted molar refractivity (Wildman–Crippen MR) is 67.8 cm³/mol. The molecule has 0 amide bonds. The zero-order valence-corrected chi connectivity index (χ0v) is 11.2. The molecular weight excluding hydrogens is 226 g/mol. The molecule has 3 nitrogen and oxygen atoms in total. The second-order valence-corrected chi connectivity index (χ2v) is 5.52. The first-order valence-electron chi connectivity index (χ1n) is 5.45. The third-order valence-electron chi connectivity index (χ3n) is 2.09. The molecular formula is C10H19N3S2. The summed E-state index contributed by atoms with van der Waals surface area (Å²) in [5, 5.41) is 3.40. The van der Waals surface area contributed by atoms with Gasteiger partial charge in [-0.1, -0.05) is 25.6 Å². The van der Waals surface area contributed by atoms with Gasteiger partial charge in [-0.25, -0.2) is 4.98 Å². The molecule has 0 bridgehead atoms. The Labute approximate surface area is 100 Å². The molecule has 0 aliphatic carbocycles. The zero-order valence-electron chi connectivity index (χ0n) is 9.62. The van der Waals surface area contributed by atoms with Crippen molar-refractivity contribution >= 4 is 23.3 Å². The van der Waals surface area contributed by atoms with Crippen LogP contribution in [-0.2, 0) is 6.42 Å². The van der Waals surface area contributed by atoms with Crippen molar-refractivity contribution in [3.05, 3.63) is 5.82 Å². The van der Waals surface area contributed by atoms with Gasteiger partial charge >= 0.3 is 0 Å². The smallest absolute Gasteiger partial charge is 0.170 e. The summed E-state index contributed by atoms with van der Waals surface area (Å²) in [6, 6.07) is 0.598. The van der Waals surface area contributed by atoms with Crippen LogP contribution in [0.3, 0.4) is 0 Å². The van der Waals surface area contributed by atoms with E-state index in [0.717, 1.165) is 28.9 Å². The number of aryl methyl sites for hydroxylation is 1. The predicted octanol–water partition coefficient (Wildman–Crippen LogP) is 2.58. The Morgan fingerprint density at radius 2 is 2.27 bits per heavy atom. The fourth-order valence-electron chi connectivity index (χ4n) is 1.21. The highest BCUT2D eigenvalue weighted by atomic mass is 32.2. The van der Waals surface area contributed by atoms with E-state index in [1.807, 2.05) is 11.8 Å². The fraction of sp³-hybridized carbons (Fsp3) is 0.800. The summed E-state index contributed by atoms with van der Waals surface area (Å²) < 4.78 is 5.37. The minimum absolute atomic E-state index is 0.598. The quantitative estimate of drug-likeness (QED) is 0.749. The number of rotatable bonds is 7. The van der Waals surface area contributed by atoms with Gasteiger partial charge in [-0.3, -0.25) is 0 Å². The number of hydrogen-bond acceptors (Lipinski definition) is 5. The lowest BCUT2D eigenvalue weighted by Gasteiger charge is -2.10. The molecule has 0 aromatic carbocycles. The molecule has 0 radical (unpaired) electrons. The van der Waals surface area contributed by atoms with Crippen LogP contribution in [0.5, 0.6) is 0 Å². The largest absolute Gasteiger partial charge is 0.315 e. The average molecular weight is 245 g/mol. The number of thioether (sulfide) groups is 1. The van der Waals surface area contributed by atoms with Gasteiger partial charge in [-0.05, 0) is 31.4 Å². The van der Waals surface area contributed by atoms with Crippen molar-refractivity contribution < 1.29 is 0 Å². The van der Waals surface area contributed by atoms with E-state index >= 15 is 0 Å². The molecule has 0 aliphatic rings. The maximum atomic E-state index is 4.42. The highest BCUT2D eigenvalue weighted by molar-refractivity contribution is 8.00. The molecule has 86 valence electrons. The van der Waals surface area contributed by atoms with Gasteiger partial charge in [0.1, 0.15) is 5.82 Å². The molecule has 1 unspecified atom stereocenters. The summed E-state index contributed by atoms with van der Waals surface area (Å²) in [6.07, 6.45) is 2.12. The van der Waals surface area contributed by atoms with Gasteiger partial charge in [0, 0.05) is 18.2 Å². The summed E-state index contributed by atoms with van der Waals surface area (Å²) in [4.78, 5) is 4.42. The van der Waals surface area contributed by atoms with Crippen LogP contribution in [0.4, 0.5) is 0 Å². The first-order chi connectivity index (χ1) is 7.26. The lowest BCUT2D eigenvalue weighted by molar-refractivity contribution is 0.556. The summed E-state index contributed by atoms with van der Waals surface area (Å²) in [5.74, 6) is 2.09. The van der Waals surface area contributed by atoms with Gasteiger partial charge < -0.3 is 5.32 Å². The highest BCUT2D eigenvalue weighted by Gasteiger charge is 2.04. The van der Waals surface area contributed by atoms with E-state index in [1.165, 1.54) is 18.0 Å². The zero-order chi connectivity index (χ0) is 11.1. The molecule has 1 aromatic heterocycles. The molecule has 1 N–H and O–H groups in total. The third-order valence-corrected chi connectivity index (χ3v) is 4.00. The van der Waals surface area contributed by atoms with E-state index in [9.17, 15) is 0 Å². The molecule has 0 aliphatic heterocycles. The number of aromatic nitrogens is 2. The van der Waals surface area contributed by atoms with Crippen LogP contribution in [0.25, 0.3) is 0 Å². The molecule has 1 aromatic rings. The highest BCUT2D eigenvalue weighted by Crippen LogP contribution is 2.21. The van der Waals surface area contributed by atoms with Crippen molar-refractivity contribution in [3.8, 4) is 0 Å². The summed E-state index contributed by atoms with van der Waals surface area (Å²) >= 11 is 3.34. The van der Waals surface area contributed by atoms with Crippen LogP contribution in [0, 0.1) is 0 Å². The standard InChI is InChI=1S/C10H19N3S2/c1-4-9-12-10(15-13-9)14-7-6-8(3)11-5-2/h8,11H,4-7H2,1-3H3. The van der Waals surface area contributed by atoms with Gasteiger partial charge in [0.15, 0.2) is 4.34 Å². The molecule has 0 fully saturated rings. The van der Waals surface area contributed by atoms with Crippen molar-refractivity contribution in [2.24, 2.45) is 0 Å². The average Bonchev–Trinajstić information content (AvgIpc) is 2.66. The molecule has 1 heterocycles. The Balaban J connectivity index is 2.19. The van der Waals surface area contributed by atoms with Crippen LogP contribution in [0.15, 0.2) is 4.34 Å². The minimum Gasteiger partial charge on any atom is -0.315 e. The van der Waals surface area contributed by atoms with Crippen LogP contribution >= 0.6 is 23.3 Å². The normalized spacial score (nSPS) is 13.0. The molecule has 1 atom stereocenters. The summed E-state index contributed by atoms with van der Waals surface area (Å²) in [5.41, 5.74) is 0. The maximum absolute atomic E-state index is 4.42. The van der Waals surface area contributed by atoms with Gasteiger partial charge in [-0.15, -0.1) is 0 Å². The van der Waals surface area contributed by atoms with Crippen LogP contribution in [-0.4, -0.2) is 27.7 Å². The lowest BCUT2D eigenvalue weighted by Crippen LogP contribution is -2.25.